The first-order chi connectivity index (χ1) is 7.72. The van der Waals surface area contributed by atoms with Crippen molar-refractivity contribution in [2.24, 2.45) is 0 Å². The van der Waals surface area contributed by atoms with Crippen LogP contribution < -0.4 is 4.74 Å². The Kier molecular flexibility index (Phi) is 3.17. The highest BCUT2D eigenvalue weighted by Gasteiger charge is 2.18. The number of fused-ring (bicyclic) bond motifs is 1. The number of aryl methyl sites for hydroxylation is 1. The van der Waals surface area contributed by atoms with Crippen molar-refractivity contribution in [3.05, 3.63) is 17.1 Å². The zero-order valence-electron chi connectivity index (χ0n) is 9.75. The van der Waals surface area contributed by atoms with Crippen molar-refractivity contribution in [1.29, 1.82) is 0 Å². The average Bonchev–Trinajstić information content (AvgIpc) is 2.52. The summed E-state index contributed by atoms with van der Waals surface area (Å²) in [4.78, 5) is 19.8. The van der Waals surface area contributed by atoms with Crippen LogP contribution in [-0.4, -0.2) is 22.9 Å². The molecule has 1 aromatic rings. The van der Waals surface area contributed by atoms with Crippen molar-refractivity contribution >= 4 is 5.78 Å². The van der Waals surface area contributed by atoms with Gasteiger partial charge in [-0.1, -0.05) is 6.42 Å². The van der Waals surface area contributed by atoms with Gasteiger partial charge >= 0.3 is 0 Å². The Morgan fingerprint density at radius 1 is 1.19 bits per heavy atom. The Balaban J connectivity index is 2.50. The van der Waals surface area contributed by atoms with Gasteiger partial charge in [0.05, 0.1) is 12.8 Å². The van der Waals surface area contributed by atoms with Crippen molar-refractivity contribution in [3.63, 3.8) is 0 Å². The molecule has 0 radical (unpaired) electrons. The number of hydrogen-bond acceptors (Lipinski definition) is 4. The number of aromatic nitrogens is 2. The van der Waals surface area contributed by atoms with E-state index in [9.17, 15) is 4.79 Å². The molecule has 0 spiro atoms. The fourth-order valence-corrected chi connectivity index (χ4v) is 2.06. The molecule has 86 valence electrons. The molecule has 0 amide bonds. The summed E-state index contributed by atoms with van der Waals surface area (Å²) in [5.41, 5.74) is 2.08. The number of ketones is 1. The number of carbonyl (C=O) groups is 1. The lowest BCUT2D eigenvalue weighted by Crippen LogP contribution is -2.09. The maximum Gasteiger partial charge on any atom is 0.220 e. The highest BCUT2D eigenvalue weighted by molar-refractivity contribution is 5.90. The average molecular weight is 220 g/mol. The predicted octanol–water partition coefficient (Wildman–Crippen LogP) is 1.96. The Morgan fingerprint density at radius 3 is 2.62 bits per heavy atom. The lowest BCUT2D eigenvalue weighted by molar-refractivity contribution is 0.100. The minimum absolute atomic E-state index is 0.106. The predicted molar refractivity (Wildman–Crippen MR) is 59.8 cm³/mol. The maximum absolute atomic E-state index is 11.3. The number of nitrogens with zero attached hydrogens (tertiary/aromatic N) is 2. The smallest absolute Gasteiger partial charge is 0.220 e. The molecular weight excluding hydrogens is 204 g/mol. The molecular formula is C12H16N2O2. The summed E-state index contributed by atoms with van der Waals surface area (Å²) in [5, 5.41) is 0. The minimum atomic E-state index is -0.106. The molecule has 0 aromatic carbocycles. The molecule has 0 N–H and O–H groups in total. The van der Waals surface area contributed by atoms with Crippen molar-refractivity contribution in [2.75, 3.05) is 7.11 Å². The Hall–Kier alpha value is -1.45. The van der Waals surface area contributed by atoms with Crippen LogP contribution in [0.1, 0.15) is 48.1 Å². The third-order valence-electron chi connectivity index (χ3n) is 2.90. The molecule has 4 heteroatoms. The second-order valence-corrected chi connectivity index (χ2v) is 4.10. The molecule has 0 fully saturated rings. The molecule has 16 heavy (non-hydrogen) atoms. The first kappa shape index (κ1) is 11.0. The largest absolute Gasteiger partial charge is 0.481 e. The van der Waals surface area contributed by atoms with E-state index in [-0.39, 0.29) is 11.6 Å². The topological polar surface area (TPSA) is 52.1 Å². The van der Waals surface area contributed by atoms with Gasteiger partial charge in [0.2, 0.25) is 5.88 Å². The molecule has 0 bridgehead atoms. The normalized spacial score (nSPS) is 15.1. The van der Waals surface area contributed by atoms with Gasteiger partial charge in [-0.25, -0.2) is 4.98 Å². The molecule has 1 aromatic heterocycles. The van der Waals surface area contributed by atoms with Gasteiger partial charge in [0.1, 0.15) is 0 Å². The number of rotatable bonds is 2. The van der Waals surface area contributed by atoms with Gasteiger partial charge in [0.15, 0.2) is 11.6 Å². The standard InChI is InChI=1S/C12H16N2O2/c1-8(15)11-13-10-7-5-3-4-6-9(10)12(14-11)16-2/h3-7H2,1-2H3. The van der Waals surface area contributed by atoms with Crippen LogP contribution >= 0.6 is 0 Å². The SMILES string of the molecule is COc1nc(C(C)=O)nc2c1CCCCC2. The van der Waals surface area contributed by atoms with E-state index in [1.54, 1.807) is 7.11 Å². The van der Waals surface area contributed by atoms with Crippen LogP contribution in [0.3, 0.4) is 0 Å². The van der Waals surface area contributed by atoms with E-state index in [1.165, 1.54) is 13.3 Å². The van der Waals surface area contributed by atoms with Crippen LogP contribution in [0.15, 0.2) is 0 Å². The fraction of sp³-hybridized carbons (Fsp3) is 0.583. The first-order valence-electron chi connectivity index (χ1n) is 5.67. The van der Waals surface area contributed by atoms with Gasteiger partial charge in [-0.15, -0.1) is 0 Å². The van der Waals surface area contributed by atoms with Crippen LogP contribution in [0, 0.1) is 0 Å². The van der Waals surface area contributed by atoms with E-state index in [0.717, 1.165) is 36.9 Å². The van der Waals surface area contributed by atoms with Crippen LogP contribution in [0.4, 0.5) is 0 Å². The second-order valence-electron chi connectivity index (χ2n) is 4.10. The van der Waals surface area contributed by atoms with Crippen LogP contribution in [0.25, 0.3) is 0 Å². The van der Waals surface area contributed by atoms with Gasteiger partial charge in [0.25, 0.3) is 0 Å². The Bertz CT molecular complexity index is 416. The third-order valence-corrected chi connectivity index (χ3v) is 2.90. The van der Waals surface area contributed by atoms with E-state index in [0.29, 0.717) is 5.88 Å². The number of carbonyl (C=O) groups excluding carboxylic acids is 1. The summed E-state index contributed by atoms with van der Waals surface area (Å²) in [5.74, 6) is 0.750. The van der Waals surface area contributed by atoms with E-state index in [4.69, 9.17) is 4.74 Å². The quantitative estimate of drug-likeness (QED) is 0.564. The number of hydrogen-bond donors (Lipinski definition) is 0. The summed E-state index contributed by atoms with van der Waals surface area (Å²) in [6.45, 7) is 1.48. The van der Waals surface area contributed by atoms with Gasteiger partial charge < -0.3 is 4.74 Å². The van der Waals surface area contributed by atoms with Crippen molar-refractivity contribution in [1.82, 2.24) is 9.97 Å². The zero-order chi connectivity index (χ0) is 11.5. The Morgan fingerprint density at radius 2 is 1.94 bits per heavy atom. The van der Waals surface area contributed by atoms with E-state index in [2.05, 4.69) is 9.97 Å². The fourth-order valence-electron chi connectivity index (χ4n) is 2.06. The lowest BCUT2D eigenvalue weighted by Gasteiger charge is -2.10. The first-order valence-corrected chi connectivity index (χ1v) is 5.67. The molecule has 1 heterocycles. The molecule has 0 saturated carbocycles. The summed E-state index contributed by atoms with van der Waals surface area (Å²) < 4.78 is 5.26. The van der Waals surface area contributed by atoms with Crippen LogP contribution in [-0.2, 0) is 12.8 Å². The summed E-state index contributed by atoms with van der Waals surface area (Å²) in [6.07, 6.45) is 5.36. The number of methoxy groups -OCH3 is 1. The molecule has 0 saturated heterocycles. The van der Waals surface area contributed by atoms with Crippen LogP contribution in [0.5, 0.6) is 5.88 Å². The maximum atomic E-state index is 11.3. The van der Waals surface area contributed by atoms with E-state index < -0.39 is 0 Å². The van der Waals surface area contributed by atoms with Gasteiger partial charge in [0, 0.05) is 12.5 Å². The van der Waals surface area contributed by atoms with E-state index >= 15 is 0 Å². The Labute approximate surface area is 95.1 Å². The van der Waals surface area contributed by atoms with E-state index in [1.807, 2.05) is 0 Å². The minimum Gasteiger partial charge on any atom is -0.481 e. The number of ether oxygens (including phenoxy) is 1. The molecule has 1 aliphatic rings. The summed E-state index contributed by atoms with van der Waals surface area (Å²) >= 11 is 0. The molecule has 2 rings (SSSR count). The molecule has 0 atom stereocenters. The second kappa shape index (κ2) is 4.60. The van der Waals surface area contributed by atoms with Gasteiger partial charge in [-0.3, -0.25) is 4.79 Å². The summed E-state index contributed by atoms with van der Waals surface area (Å²) in [6, 6.07) is 0. The van der Waals surface area contributed by atoms with Crippen molar-refractivity contribution in [3.8, 4) is 5.88 Å². The zero-order valence-corrected chi connectivity index (χ0v) is 9.75. The van der Waals surface area contributed by atoms with Gasteiger partial charge in [-0.05, 0) is 25.7 Å². The lowest BCUT2D eigenvalue weighted by atomic mass is 10.1. The molecule has 4 nitrogen and oxygen atoms in total. The monoisotopic (exact) mass is 220 g/mol. The number of Topliss-reactive ketones (excluding diaryl/α,β-unsaturated/α-hetero) is 1. The van der Waals surface area contributed by atoms with Crippen molar-refractivity contribution in [2.45, 2.75) is 39.0 Å². The third kappa shape index (κ3) is 2.05. The highest BCUT2D eigenvalue weighted by Crippen LogP contribution is 2.26. The van der Waals surface area contributed by atoms with Gasteiger partial charge in [-0.2, -0.15) is 4.98 Å². The molecule has 0 unspecified atom stereocenters. The summed E-state index contributed by atoms with van der Waals surface area (Å²) in [7, 11) is 1.59. The highest BCUT2D eigenvalue weighted by atomic mass is 16.5. The van der Waals surface area contributed by atoms with Crippen molar-refractivity contribution < 1.29 is 9.53 Å². The molecule has 1 aliphatic carbocycles. The molecule has 0 aliphatic heterocycles. The van der Waals surface area contributed by atoms with Crippen LogP contribution in [0.2, 0.25) is 0 Å².